The van der Waals surface area contributed by atoms with Crippen molar-refractivity contribution in [2.24, 2.45) is 0 Å². The van der Waals surface area contributed by atoms with Crippen molar-refractivity contribution in [1.82, 2.24) is 5.32 Å². The maximum absolute atomic E-state index is 12.3. The van der Waals surface area contributed by atoms with Crippen LogP contribution in [-0.4, -0.2) is 38.0 Å². The molecule has 1 aliphatic heterocycles. The molecule has 1 amide bonds. The van der Waals surface area contributed by atoms with Gasteiger partial charge < -0.3 is 19.9 Å². The van der Waals surface area contributed by atoms with Crippen molar-refractivity contribution in [2.45, 2.75) is 42.9 Å². The molecule has 0 saturated heterocycles. The highest BCUT2D eigenvalue weighted by atomic mass is 32.2. The van der Waals surface area contributed by atoms with E-state index in [2.05, 4.69) is 5.32 Å². The van der Waals surface area contributed by atoms with Crippen LogP contribution < -0.4 is 14.8 Å². The van der Waals surface area contributed by atoms with E-state index in [9.17, 15) is 18.3 Å². The minimum Gasteiger partial charge on any atom is -0.454 e. The molecule has 0 aromatic heterocycles. The summed E-state index contributed by atoms with van der Waals surface area (Å²) in [5.74, 6) is 0.910. The Labute approximate surface area is 170 Å². The van der Waals surface area contributed by atoms with Gasteiger partial charge in [-0.1, -0.05) is 18.2 Å². The molecule has 1 heterocycles. The van der Waals surface area contributed by atoms with E-state index < -0.39 is 20.7 Å². The Morgan fingerprint density at radius 2 is 1.79 bits per heavy atom. The van der Waals surface area contributed by atoms with Crippen LogP contribution in [0.5, 0.6) is 11.5 Å². The third-order valence-corrected chi connectivity index (χ3v) is 7.03. The number of sulfone groups is 1. The molecule has 1 unspecified atom stereocenters. The number of aliphatic hydroxyl groups is 1. The minimum atomic E-state index is -3.34. The molecule has 2 aromatic rings. The van der Waals surface area contributed by atoms with Crippen molar-refractivity contribution in [2.75, 3.05) is 13.3 Å². The maximum atomic E-state index is 12.3. The Bertz CT molecular complexity index is 996. The molecule has 7 nitrogen and oxygen atoms in total. The predicted molar refractivity (Wildman–Crippen MR) is 108 cm³/mol. The standard InChI is InChI=1S/C21H25NO6S/c1-14(2)29(25,26)17-7-4-15(5-8-17)10-20(23)22-12-21(3,24)16-6-9-18-19(11-16)28-13-27-18/h4-9,11,14,24H,10,12-13H2,1-3H3,(H,22,23). The van der Waals surface area contributed by atoms with Gasteiger partial charge in [-0.3, -0.25) is 4.79 Å². The molecule has 0 aliphatic carbocycles. The summed E-state index contributed by atoms with van der Waals surface area (Å²) in [6, 6.07) is 11.4. The second-order valence-corrected chi connectivity index (χ2v) is 10.0. The molecule has 3 rings (SSSR count). The Kier molecular flexibility index (Phi) is 5.86. The average molecular weight is 419 g/mol. The van der Waals surface area contributed by atoms with Gasteiger partial charge in [0.15, 0.2) is 21.3 Å². The van der Waals surface area contributed by atoms with Gasteiger partial charge in [-0.05, 0) is 56.2 Å². The topological polar surface area (TPSA) is 102 Å². The Morgan fingerprint density at radius 3 is 2.45 bits per heavy atom. The third-order valence-electron chi connectivity index (χ3n) is 4.86. The van der Waals surface area contributed by atoms with Crippen molar-refractivity contribution >= 4 is 15.7 Å². The summed E-state index contributed by atoms with van der Waals surface area (Å²) in [7, 11) is -3.34. The quantitative estimate of drug-likeness (QED) is 0.713. The number of benzene rings is 2. The first-order valence-electron chi connectivity index (χ1n) is 9.31. The first-order valence-corrected chi connectivity index (χ1v) is 10.9. The van der Waals surface area contributed by atoms with Crippen LogP contribution in [0.2, 0.25) is 0 Å². The highest BCUT2D eigenvalue weighted by molar-refractivity contribution is 7.92. The summed E-state index contributed by atoms with van der Waals surface area (Å²) in [5.41, 5.74) is 0.00415. The monoisotopic (exact) mass is 419 g/mol. The van der Waals surface area contributed by atoms with Crippen LogP contribution in [0, 0.1) is 0 Å². The second kappa shape index (κ2) is 8.04. The van der Waals surface area contributed by atoms with Crippen LogP contribution in [0.25, 0.3) is 0 Å². The molecule has 0 radical (unpaired) electrons. The number of carbonyl (C=O) groups is 1. The molecule has 2 aromatic carbocycles. The minimum absolute atomic E-state index is 0.0191. The number of hydrogen-bond donors (Lipinski definition) is 2. The molecular weight excluding hydrogens is 394 g/mol. The van der Waals surface area contributed by atoms with Gasteiger partial charge in [0, 0.05) is 0 Å². The summed E-state index contributed by atoms with van der Waals surface area (Å²) in [6.07, 6.45) is 0.0826. The number of nitrogens with one attached hydrogen (secondary N) is 1. The number of hydrogen-bond acceptors (Lipinski definition) is 6. The van der Waals surface area contributed by atoms with Crippen LogP contribution in [0.3, 0.4) is 0 Å². The van der Waals surface area contributed by atoms with Gasteiger partial charge in [0.05, 0.1) is 23.1 Å². The van der Waals surface area contributed by atoms with E-state index in [-0.39, 0.29) is 30.6 Å². The molecule has 2 N–H and O–H groups in total. The van der Waals surface area contributed by atoms with E-state index in [0.717, 1.165) is 0 Å². The van der Waals surface area contributed by atoms with Gasteiger partial charge in [0.25, 0.3) is 0 Å². The number of ether oxygens (including phenoxy) is 2. The molecule has 8 heteroatoms. The maximum Gasteiger partial charge on any atom is 0.231 e. The van der Waals surface area contributed by atoms with Gasteiger partial charge in [0.2, 0.25) is 12.7 Å². The summed E-state index contributed by atoms with van der Waals surface area (Å²) < 4.78 is 34.9. The van der Waals surface area contributed by atoms with E-state index >= 15 is 0 Å². The van der Waals surface area contributed by atoms with Gasteiger partial charge in [-0.25, -0.2) is 8.42 Å². The van der Waals surface area contributed by atoms with Crippen molar-refractivity contribution in [3.8, 4) is 11.5 Å². The van der Waals surface area contributed by atoms with Crippen LogP contribution in [0.4, 0.5) is 0 Å². The Hall–Kier alpha value is -2.58. The number of rotatable bonds is 7. The number of carbonyl (C=O) groups excluding carboxylic acids is 1. The number of amides is 1. The van der Waals surface area contributed by atoms with Crippen LogP contribution >= 0.6 is 0 Å². The lowest BCUT2D eigenvalue weighted by Gasteiger charge is -2.24. The van der Waals surface area contributed by atoms with E-state index in [4.69, 9.17) is 9.47 Å². The smallest absolute Gasteiger partial charge is 0.231 e. The first kappa shape index (κ1) is 21.1. The fourth-order valence-corrected chi connectivity index (χ4v) is 3.98. The summed E-state index contributed by atoms with van der Waals surface area (Å²) in [6.45, 7) is 5.03. The number of fused-ring (bicyclic) bond motifs is 1. The van der Waals surface area contributed by atoms with E-state index in [0.29, 0.717) is 22.6 Å². The zero-order valence-electron chi connectivity index (χ0n) is 16.6. The van der Waals surface area contributed by atoms with E-state index in [1.165, 1.54) is 12.1 Å². The second-order valence-electron chi connectivity index (χ2n) is 7.53. The van der Waals surface area contributed by atoms with Crippen molar-refractivity contribution in [3.05, 3.63) is 53.6 Å². The highest BCUT2D eigenvalue weighted by Crippen LogP contribution is 2.35. The van der Waals surface area contributed by atoms with Crippen LogP contribution in [-0.2, 0) is 26.7 Å². The van der Waals surface area contributed by atoms with Crippen molar-refractivity contribution in [1.29, 1.82) is 0 Å². The lowest BCUT2D eigenvalue weighted by atomic mass is 9.95. The molecule has 0 spiro atoms. The first-order chi connectivity index (χ1) is 13.6. The summed E-state index contributed by atoms with van der Waals surface area (Å²) in [4.78, 5) is 12.5. The Morgan fingerprint density at radius 1 is 1.14 bits per heavy atom. The predicted octanol–water partition coefficient (Wildman–Crippen LogP) is 2.16. The third kappa shape index (κ3) is 4.71. The molecular formula is C21H25NO6S. The van der Waals surface area contributed by atoms with Gasteiger partial charge >= 0.3 is 0 Å². The molecule has 1 atom stereocenters. The molecule has 156 valence electrons. The van der Waals surface area contributed by atoms with Crippen molar-refractivity contribution in [3.63, 3.8) is 0 Å². The lowest BCUT2D eigenvalue weighted by Crippen LogP contribution is -2.39. The molecule has 29 heavy (non-hydrogen) atoms. The van der Waals surface area contributed by atoms with Gasteiger partial charge in [-0.2, -0.15) is 0 Å². The summed E-state index contributed by atoms with van der Waals surface area (Å²) in [5, 5.41) is 12.9. The van der Waals surface area contributed by atoms with Gasteiger partial charge in [-0.15, -0.1) is 0 Å². The Balaban J connectivity index is 1.59. The fourth-order valence-electron chi connectivity index (χ4n) is 2.92. The SMILES string of the molecule is CC(C)S(=O)(=O)c1ccc(CC(=O)NCC(C)(O)c2ccc3c(c2)OCO3)cc1. The largest absolute Gasteiger partial charge is 0.454 e. The summed E-state index contributed by atoms with van der Waals surface area (Å²) >= 11 is 0. The molecule has 0 bridgehead atoms. The van der Waals surface area contributed by atoms with Crippen LogP contribution in [0.1, 0.15) is 31.9 Å². The zero-order valence-corrected chi connectivity index (χ0v) is 17.5. The highest BCUT2D eigenvalue weighted by Gasteiger charge is 2.26. The normalized spacial score (nSPS) is 15.2. The lowest BCUT2D eigenvalue weighted by molar-refractivity contribution is -0.121. The van der Waals surface area contributed by atoms with Gasteiger partial charge in [0.1, 0.15) is 5.60 Å². The fraction of sp³-hybridized carbons (Fsp3) is 0.381. The molecule has 0 fully saturated rings. The zero-order chi connectivity index (χ0) is 21.2. The van der Waals surface area contributed by atoms with Crippen molar-refractivity contribution < 1.29 is 27.8 Å². The van der Waals surface area contributed by atoms with E-state index in [1.807, 2.05) is 0 Å². The van der Waals surface area contributed by atoms with E-state index in [1.54, 1.807) is 51.1 Å². The molecule has 0 saturated carbocycles. The average Bonchev–Trinajstić information content (AvgIpc) is 3.14. The molecule has 1 aliphatic rings. The van der Waals surface area contributed by atoms with Crippen LogP contribution in [0.15, 0.2) is 47.4 Å².